The van der Waals surface area contributed by atoms with Gasteiger partial charge >= 0.3 is 6.18 Å². The van der Waals surface area contributed by atoms with E-state index in [2.05, 4.69) is 15.6 Å². The Hall–Kier alpha value is -2.17. The van der Waals surface area contributed by atoms with E-state index in [1.54, 1.807) is 25.3 Å². The average molecular weight is 523 g/mol. The highest BCUT2D eigenvalue weighted by molar-refractivity contribution is 14.0. The zero-order chi connectivity index (χ0) is 20.4. The molecule has 0 saturated carbocycles. The first-order valence-electron chi connectivity index (χ1n) is 8.84. The normalized spacial score (nSPS) is 11.4. The molecule has 9 heteroatoms. The summed E-state index contributed by atoms with van der Waals surface area (Å²) in [6, 6.07) is 14.2. The maximum Gasteiger partial charge on any atom is 0.422 e. The molecule has 0 radical (unpaired) electrons. The van der Waals surface area contributed by atoms with E-state index in [9.17, 15) is 13.2 Å². The molecule has 2 N–H and O–H groups in total. The van der Waals surface area contributed by atoms with Gasteiger partial charge in [0.2, 0.25) is 0 Å². The fraction of sp³-hybridized carbons (Fsp3) is 0.350. The fourth-order valence-electron chi connectivity index (χ4n) is 2.41. The molecule has 0 spiro atoms. The van der Waals surface area contributed by atoms with Crippen LogP contribution in [0.1, 0.15) is 18.1 Å². The Kier molecular flexibility index (Phi) is 10.6. The minimum Gasteiger partial charge on any atom is -0.497 e. The van der Waals surface area contributed by atoms with Crippen molar-refractivity contribution in [3.05, 3.63) is 59.7 Å². The van der Waals surface area contributed by atoms with Crippen LogP contribution in [-0.2, 0) is 13.1 Å². The maximum atomic E-state index is 12.4. The number of hydrogen-bond donors (Lipinski definition) is 2. The summed E-state index contributed by atoms with van der Waals surface area (Å²) in [5, 5.41) is 6.23. The van der Waals surface area contributed by atoms with E-state index in [0.717, 1.165) is 11.3 Å². The van der Waals surface area contributed by atoms with Crippen LogP contribution in [0.2, 0.25) is 0 Å². The lowest BCUT2D eigenvalue weighted by molar-refractivity contribution is -0.153. The Balaban J connectivity index is 0.00000420. The number of alkyl halides is 3. The Morgan fingerprint density at radius 3 is 2.52 bits per heavy atom. The number of para-hydroxylation sites is 1. The van der Waals surface area contributed by atoms with E-state index in [1.807, 2.05) is 31.2 Å². The van der Waals surface area contributed by atoms with Gasteiger partial charge in [-0.15, -0.1) is 24.0 Å². The first-order valence-corrected chi connectivity index (χ1v) is 8.84. The Bertz CT molecular complexity index is 786. The summed E-state index contributed by atoms with van der Waals surface area (Å²) in [7, 11) is 1.60. The molecule has 0 aliphatic carbocycles. The molecule has 0 heterocycles. The van der Waals surface area contributed by atoms with Crippen molar-refractivity contribution in [3.63, 3.8) is 0 Å². The summed E-state index contributed by atoms with van der Waals surface area (Å²) in [6.07, 6.45) is -4.38. The largest absolute Gasteiger partial charge is 0.497 e. The number of rotatable bonds is 8. The summed E-state index contributed by atoms with van der Waals surface area (Å²) >= 11 is 0. The van der Waals surface area contributed by atoms with Crippen molar-refractivity contribution in [2.24, 2.45) is 4.99 Å². The van der Waals surface area contributed by atoms with E-state index < -0.39 is 12.8 Å². The number of hydrogen-bond acceptors (Lipinski definition) is 3. The summed E-state index contributed by atoms with van der Waals surface area (Å²) in [5.41, 5.74) is 1.59. The molecule has 0 saturated heterocycles. The minimum absolute atomic E-state index is 0. The summed E-state index contributed by atoms with van der Waals surface area (Å²) < 4.78 is 47.4. The van der Waals surface area contributed by atoms with Gasteiger partial charge in [0.15, 0.2) is 12.6 Å². The van der Waals surface area contributed by atoms with Crippen molar-refractivity contribution in [1.29, 1.82) is 0 Å². The molecule has 0 atom stereocenters. The van der Waals surface area contributed by atoms with Crippen molar-refractivity contribution < 1.29 is 22.6 Å². The number of nitrogens with one attached hydrogen (secondary N) is 2. The third kappa shape index (κ3) is 9.25. The van der Waals surface area contributed by atoms with Crippen LogP contribution in [-0.4, -0.2) is 32.4 Å². The molecule has 0 amide bonds. The number of aliphatic imine (C=N–C) groups is 1. The standard InChI is InChI=1S/C20H24F3N3O2.HI/c1-3-24-19(25-12-15-7-6-9-17(11-15)27-2)26-13-16-8-4-5-10-18(16)28-14-20(21,22)23;/h4-11H,3,12-14H2,1-2H3,(H2,24,25,26);1H. The quantitative estimate of drug-likeness (QED) is 0.304. The number of guanidine groups is 1. The van der Waals surface area contributed by atoms with E-state index >= 15 is 0 Å². The molecule has 0 unspecified atom stereocenters. The Morgan fingerprint density at radius 1 is 1.07 bits per heavy atom. The van der Waals surface area contributed by atoms with Crippen LogP contribution >= 0.6 is 24.0 Å². The van der Waals surface area contributed by atoms with Gasteiger partial charge in [0.05, 0.1) is 13.7 Å². The second-order valence-electron chi connectivity index (χ2n) is 5.91. The number of benzene rings is 2. The fourth-order valence-corrected chi connectivity index (χ4v) is 2.41. The van der Waals surface area contributed by atoms with Gasteiger partial charge in [-0.05, 0) is 30.7 Å². The topological polar surface area (TPSA) is 54.9 Å². The van der Waals surface area contributed by atoms with Crippen LogP contribution in [0.15, 0.2) is 53.5 Å². The van der Waals surface area contributed by atoms with Gasteiger partial charge in [0.25, 0.3) is 0 Å². The van der Waals surface area contributed by atoms with Crippen molar-refractivity contribution in [2.45, 2.75) is 26.2 Å². The molecule has 2 rings (SSSR count). The predicted octanol–water partition coefficient (Wildman–Crippen LogP) is 4.51. The molecule has 0 aliphatic rings. The molecule has 0 aromatic heterocycles. The smallest absolute Gasteiger partial charge is 0.422 e. The lowest BCUT2D eigenvalue weighted by Gasteiger charge is -2.15. The van der Waals surface area contributed by atoms with Crippen LogP contribution < -0.4 is 20.1 Å². The summed E-state index contributed by atoms with van der Waals surface area (Å²) in [6.45, 7) is 1.96. The van der Waals surface area contributed by atoms with Gasteiger partial charge < -0.3 is 20.1 Å². The van der Waals surface area contributed by atoms with Crippen molar-refractivity contribution in [2.75, 3.05) is 20.3 Å². The van der Waals surface area contributed by atoms with Crippen LogP contribution in [0, 0.1) is 0 Å². The summed E-state index contributed by atoms with van der Waals surface area (Å²) in [5.74, 6) is 1.49. The highest BCUT2D eigenvalue weighted by Gasteiger charge is 2.28. The molecule has 29 heavy (non-hydrogen) atoms. The van der Waals surface area contributed by atoms with Crippen LogP contribution in [0.3, 0.4) is 0 Å². The number of ether oxygens (including phenoxy) is 2. The van der Waals surface area contributed by atoms with Crippen LogP contribution in [0.4, 0.5) is 13.2 Å². The van der Waals surface area contributed by atoms with Crippen molar-refractivity contribution in [1.82, 2.24) is 10.6 Å². The van der Waals surface area contributed by atoms with E-state index in [4.69, 9.17) is 9.47 Å². The van der Waals surface area contributed by atoms with Gasteiger partial charge in [0.1, 0.15) is 11.5 Å². The third-order valence-electron chi connectivity index (χ3n) is 3.71. The minimum atomic E-state index is -4.38. The number of halogens is 4. The van der Waals surface area contributed by atoms with Gasteiger partial charge in [-0.1, -0.05) is 30.3 Å². The highest BCUT2D eigenvalue weighted by Crippen LogP contribution is 2.22. The molecular weight excluding hydrogens is 498 g/mol. The zero-order valence-electron chi connectivity index (χ0n) is 16.3. The third-order valence-corrected chi connectivity index (χ3v) is 3.71. The first-order chi connectivity index (χ1) is 13.4. The lowest BCUT2D eigenvalue weighted by Crippen LogP contribution is -2.37. The zero-order valence-corrected chi connectivity index (χ0v) is 18.6. The molecule has 0 bridgehead atoms. The van der Waals surface area contributed by atoms with Crippen molar-refractivity contribution in [3.8, 4) is 11.5 Å². The monoisotopic (exact) mass is 523 g/mol. The number of nitrogens with zero attached hydrogens (tertiary/aromatic N) is 1. The second-order valence-corrected chi connectivity index (χ2v) is 5.91. The van der Waals surface area contributed by atoms with Crippen LogP contribution in [0.25, 0.3) is 0 Å². The second kappa shape index (κ2) is 12.4. The van der Waals surface area contributed by atoms with Gasteiger partial charge in [0, 0.05) is 18.7 Å². The number of methoxy groups -OCH3 is 1. The Labute approximate surface area is 185 Å². The molecule has 0 aliphatic heterocycles. The molecule has 0 fully saturated rings. The molecule has 2 aromatic carbocycles. The molecule has 2 aromatic rings. The van der Waals surface area contributed by atoms with E-state index in [0.29, 0.717) is 24.6 Å². The van der Waals surface area contributed by atoms with Crippen LogP contribution in [0.5, 0.6) is 11.5 Å². The average Bonchev–Trinajstić information content (AvgIpc) is 2.68. The van der Waals surface area contributed by atoms with Gasteiger partial charge in [-0.25, -0.2) is 4.99 Å². The van der Waals surface area contributed by atoms with Crippen molar-refractivity contribution >= 4 is 29.9 Å². The maximum absolute atomic E-state index is 12.4. The molecule has 160 valence electrons. The SMILES string of the molecule is CCNC(=NCc1cccc(OC)c1)NCc1ccccc1OCC(F)(F)F.I. The molecule has 5 nitrogen and oxygen atoms in total. The lowest BCUT2D eigenvalue weighted by atomic mass is 10.2. The van der Waals surface area contributed by atoms with Gasteiger partial charge in [-0.2, -0.15) is 13.2 Å². The Morgan fingerprint density at radius 2 is 1.83 bits per heavy atom. The summed E-state index contributed by atoms with van der Waals surface area (Å²) in [4.78, 5) is 4.51. The predicted molar refractivity (Wildman–Crippen MR) is 118 cm³/mol. The van der Waals surface area contributed by atoms with E-state index in [1.165, 1.54) is 6.07 Å². The molecular formula is C20H25F3IN3O2. The first kappa shape index (κ1) is 24.9. The van der Waals surface area contributed by atoms with Gasteiger partial charge in [-0.3, -0.25) is 0 Å². The van der Waals surface area contributed by atoms with E-state index in [-0.39, 0.29) is 36.3 Å². The highest BCUT2D eigenvalue weighted by atomic mass is 127.